The molecule has 0 amide bonds. The second-order valence-corrected chi connectivity index (χ2v) is 6.85. The van der Waals surface area contributed by atoms with E-state index in [1.54, 1.807) is 12.1 Å². The molecule has 1 N–H and O–H groups in total. The van der Waals surface area contributed by atoms with E-state index in [2.05, 4.69) is 0 Å². The molecule has 1 heterocycles. The van der Waals surface area contributed by atoms with Crippen LogP contribution in [-0.2, 0) is 19.4 Å². The van der Waals surface area contributed by atoms with Gasteiger partial charge in [0.2, 0.25) is 0 Å². The molecule has 0 fully saturated rings. The fraction of sp³-hybridized carbons (Fsp3) is 0.286. The van der Waals surface area contributed by atoms with E-state index in [1.165, 1.54) is 13.2 Å². The first-order chi connectivity index (χ1) is 12.9. The van der Waals surface area contributed by atoms with Gasteiger partial charge in [-0.2, -0.15) is 0 Å². The van der Waals surface area contributed by atoms with Crippen LogP contribution in [0, 0.1) is 0 Å². The van der Waals surface area contributed by atoms with Crippen molar-refractivity contribution < 1.29 is 23.4 Å². The lowest BCUT2D eigenvalue weighted by molar-refractivity contribution is -0.0125. The first-order valence-electron chi connectivity index (χ1n) is 8.77. The largest absolute Gasteiger partial charge is 0.496 e. The van der Waals surface area contributed by atoms with Crippen molar-refractivity contribution in [3.05, 3.63) is 64.8 Å². The van der Waals surface area contributed by atoms with Crippen molar-refractivity contribution in [3.63, 3.8) is 0 Å². The molecule has 1 aliphatic rings. The number of aromatic carboxylic acids is 1. The Morgan fingerprint density at radius 1 is 1.22 bits per heavy atom. The molecule has 1 aromatic heterocycles. The number of carbonyl (C=O) groups is 1. The standard InChI is InChI=1S/C21H19F2NO3/c1-27-19-8-4-6-14(20(25)26)16(19)12-24-17-7-3-2-5-13(17)15-11-21(22,23)10-9-18(15)24/h2-8H,9-12H2,1H3,(H,25,26). The molecule has 0 radical (unpaired) electrons. The van der Waals surface area contributed by atoms with Gasteiger partial charge in [0.15, 0.2) is 0 Å². The number of carboxylic acid groups (broad SMARTS) is 1. The van der Waals surface area contributed by atoms with Crippen LogP contribution in [0.25, 0.3) is 10.9 Å². The topological polar surface area (TPSA) is 51.5 Å². The van der Waals surface area contributed by atoms with Gasteiger partial charge in [-0.1, -0.05) is 24.3 Å². The quantitative estimate of drug-likeness (QED) is 0.734. The average molecular weight is 371 g/mol. The Morgan fingerprint density at radius 3 is 2.74 bits per heavy atom. The fourth-order valence-corrected chi connectivity index (χ4v) is 4.02. The first kappa shape index (κ1) is 17.5. The molecule has 0 atom stereocenters. The minimum atomic E-state index is -2.71. The highest BCUT2D eigenvalue weighted by molar-refractivity contribution is 5.91. The number of para-hydroxylation sites is 1. The molecule has 0 spiro atoms. The van der Waals surface area contributed by atoms with Crippen LogP contribution in [-0.4, -0.2) is 28.7 Å². The number of aromatic nitrogens is 1. The molecular formula is C21H19F2NO3. The van der Waals surface area contributed by atoms with Gasteiger partial charge in [-0.15, -0.1) is 0 Å². The predicted molar refractivity (Wildman–Crippen MR) is 98.0 cm³/mol. The van der Waals surface area contributed by atoms with Crippen LogP contribution in [0.4, 0.5) is 8.78 Å². The average Bonchev–Trinajstić information content (AvgIpc) is 2.94. The molecule has 3 aromatic rings. The van der Waals surface area contributed by atoms with Crippen molar-refractivity contribution >= 4 is 16.9 Å². The van der Waals surface area contributed by atoms with Crippen molar-refractivity contribution in [2.45, 2.75) is 31.7 Å². The van der Waals surface area contributed by atoms with Crippen LogP contribution in [0.2, 0.25) is 0 Å². The van der Waals surface area contributed by atoms with E-state index in [0.717, 1.165) is 16.6 Å². The number of benzene rings is 2. The zero-order valence-electron chi connectivity index (χ0n) is 14.8. The summed E-state index contributed by atoms with van der Waals surface area (Å²) < 4.78 is 35.4. The van der Waals surface area contributed by atoms with Crippen LogP contribution in [0.1, 0.15) is 33.6 Å². The van der Waals surface area contributed by atoms with Crippen molar-refractivity contribution in [1.29, 1.82) is 0 Å². The van der Waals surface area contributed by atoms with Crippen LogP contribution in [0.15, 0.2) is 42.5 Å². The number of alkyl halides is 2. The lowest BCUT2D eigenvalue weighted by Gasteiger charge is -2.24. The number of halogens is 2. The minimum absolute atomic E-state index is 0.155. The molecule has 140 valence electrons. The Labute approximate surface area is 155 Å². The third-order valence-corrected chi connectivity index (χ3v) is 5.26. The number of rotatable bonds is 4. The van der Waals surface area contributed by atoms with Crippen molar-refractivity contribution in [2.75, 3.05) is 7.11 Å². The molecule has 0 saturated heterocycles. The Kier molecular flexibility index (Phi) is 4.13. The Balaban J connectivity index is 1.91. The number of ether oxygens (including phenoxy) is 1. The fourth-order valence-electron chi connectivity index (χ4n) is 4.02. The van der Waals surface area contributed by atoms with Gasteiger partial charge >= 0.3 is 5.97 Å². The third-order valence-electron chi connectivity index (χ3n) is 5.26. The summed E-state index contributed by atoms with van der Waals surface area (Å²) in [6.07, 6.45) is -0.226. The summed E-state index contributed by atoms with van der Waals surface area (Å²) in [7, 11) is 1.49. The van der Waals surface area contributed by atoms with E-state index in [0.29, 0.717) is 16.9 Å². The smallest absolute Gasteiger partial charge is 0.336 e. The van der Waals surface area contributed by atoms with Crippen LogP contribution >= 0.6 is 0 Å². The Hall–Kier alpha value is -2.89. The number of methoxy groups -OCH3 is 1. The second-order valence-electron chi connectivity index (χ2n) is 6.85. The van der Waals surface area contributed by atoms with Gasteiger partial charge in [0.05, 0.1) is 19.2 Å². The van der Waals surface area contributed by atoms with E-state index < -0.39 is 11.9 Å². The van der Waals surface area contributed by atoms with Gasteiger partial charge in [0, 0.05) is 35.0 Å². The molecule has 27 heavy (non-hydrogen) atoms. The van der Waals surface area contributed by atoms with Crippen molar-refractivity contribution in [2.24, 2.45) is 0 Å². The Morgan fingerprint density at radius 2 is 2.00 bits per heavy atom. The van der Waals surface area contributed by atoms with Crippen LogP contribution in [0.5, 0.6) is 5.75 Å². The van der Waals surface area contributed by atoms with Gasteiger partial charge in [0.25, 0.3) is 5.92 Å². The van der Waals surface area contributed by atoms with Crippen LogP contribution < -0.4 is 4.74 Å². The first-order valence-corrected chi connectivity index (χ1v) is 8.77. The van der Waals surface area contributed by atoms with Gasteiger partial charge < -0.3 is 14.4 Å². The third kappa shape index (κ3) is 2.95. The highest BCUT2D eigenvalue weighted by Gasteiger charge is 2.37. The molecule has 0 saturated carbocycles. The molecule has 6 heteroatoms. The van der Waals surface area contributed by atoms with E-state index >= 15 is 0 Å². The zero-order chi connectivity index (χ0) is 19.2. The number of hydrogen-bond donors (Lipinski definition) is 1. The maximum absolute atomic E-state index is 14.0. The van der Waals surface area contributed by atoms with Gasteiger partial charge in [-0.25, -0.2) is 13.6 Å². The number of fused-ring (bicyclic) bond motifs is 3. The summed E-state index contributed by atoms with van der Waals surface area (Å²) in [6, 6.07) is 12.3. The Bertz CT molecular complexity index is 1040. The highest BCUT2D eigenvalue weighted by Crippen LogP contribution is 2.39. The molecule has 4 nitrogen and oxygen atoms in total. The van der Waals surface area contributed by atoms with Crippen molar-refractivity contribution in [3.8, 4) is 5.75 Å². The minimum Gasteiger partial charge on any atom is -0.496 e. The van der Waals surface area contributed by atoms with Crippen LogP contribution in [0.3, 0.4) is 0 Å². The molecule has 4 rings (SSSR count). The van der Waals surface area contributed by atoms with Crippen molar-refractivity contribution in [1.82, 2.24) is 4.57 Å². The summed E-state index contributed by atoms with van der Waals surface area (Å²) in [5.74, 6) is -3.28. The number of carboxylic acids is 1. The maximum Gasteiger partial charge on any atom is 0.336 e. The number of nitrogens with zero attached hydrogens (tertiary/aromatic N) is 1. The predicted octanol–water partition coefficient (Wildman–Crippen LogP) is 4.52. The monoisotopic (exact) mass is 371 g/mol. The zero-order valence-corrected chi connectivity index (χ0v) is 14.8. The van der Waals surface area contributed by atoms with E-state index in [1.807, 2.05) is 28.8 Å². The molecule has 0 aliphatic heterocycles. The summed E-state index contributed by atoms with van der Waals surface area (Å²) in [4.78, 5) is 11.7. The molecular weight excluding hydrogens is 352 g/mol. The van der Waals surface area contributed by atoms with Gasteiger partial charge in [0.1, 0.15) is 5.75 Å². The summed E-state index contributed by atoms with van der Waals surface area (Å²) >= 11 is 0. The van der Waals surface area contributed by atoms with Gasteiger partial charge in [-0.3, -0.25) is 0 Å². The lowest BCUT2D eigenvalue weighted by Crippen LogP contribution is -2.26. The second kappa shape index (κ2) is 6.37. The SMILES string of the molecule is COc1cccc(C(=O)O)c1Cn1c2c(c3ccccc31)CC(F)(F)CC2. The molecule has 0 bridgehead atoms. The molecule has 1 aliphatic carbocycles. The van der Waals surface area contributed by atoms with E-state index in [-0.39, 0.29) is 31.4 Å². The highest BCUT2D eigenvalue weighted by atomic mass is 19.3. The maximum atomic E-state index is 14.0. The lowest BCUT2D eigenvalue weighted by atomic mass is 9.92. The van der Waals surface area contributed by atoms with Gasteiger partial charge in [-0.05, 0) is 30.2 Å². The summed E-state index contributed by atoms with van der Waals surface area (Å²) in [6.45, 7) is 0.257. The molecule has 0 unspecified atom stereocenters. The summed E-state index contributed by atoms with van der Waals surface area (Å²) in [5, 5.41) is 10.4. The van der Waals surface area contributed by atoms with E-state index in [4.69, 9.17) is 4.74 Å². The number of hydrogen-bond acceptors (Lipinski definition) is 2. The van der Waals surface area contributed by atoms with E-state index in [9.17, 15) is 18.7 Å². The molecule has 2 aromatic carbocycles. The normalized spacial score (nSPS) is 15.5. The summed E-state index contributed by atoms with van der Waals surface area (Å²) in [5.41, 5.74) is 3.04.